The first-order valence-corrected chi connectivity index (χ1v) is 10.2. The van der Waals surface area contributed by atoms with E-state index in [1.54, 1.807) is 11.3 Å². The first-order valence-electron chi connectivity index (χ1n) is 9.32. The monoisotopic (exact) mass is 370 g/mol. The van der Waals surface area contributed by atoms with Gasteiger partial charge in [-0.25, -0.2) is 0 Å². The number of rotatable bonds is 5. The molecule has 0 aliphatic carbocycles. The minimum absolute atomic E-state index is 0.132. The standard InChI is InChI=1S/C21H26N2O2S/c1-3-20(24)23-12-11-22(4-2)21(25)17(15-23)14-16-8-5-6-9-18(16)19-10-7-13-26-19/h5-10,13,17H,3-4,11-12,14-15H2,1-2H3/t17-/m0/s1. The third kappa shape index (κ3) is 3.98. The molecule has 1 saturated heterocycles. The lowest BCUT2D eigenvalue weighted by atomic mass is 9.93. The van der Waals surface area contributed by atoms with Crippen LogP contribution in [0.1, 0.15) is 25.8 Å². The van der Waals surface area contributed by atoms with Crippen molar-refractivity contribution in [2.24, 2.45) is 5.92 Å². The van der Waals surface area contributed by atoms with Crippen molar-refractivity contribution in [3.05, 3.63) is 47.3 Å². The molecule has 1 aromatic carbocycles. The molecule has 1 aliphatic rings. The number of carbonyl (C=O) groups excluding carboxylic acids is 2. The summed E-state index contributed by atoms with van der Waals surface area (Å²) in [7, 11) is 0. The van der Waals surface area contributed by atoms with Crippen LogP contribution in [-0.2, 0) is 16.0 Å². The zero-order chi connectivity index (χ0) is 18.5. The SMILES string of the molecule is CCC(=O)N1CCN(CC)C(=O)[C@@H](Cc2ccccc2-c2cccs2)C1. The molecule has 1 aliphatic heterocycles. The second-order valence-electron chi connectivity index (χ2n) is 6.65. The summed E-state index contributed by atoms with van der Waals surface area (Å²) in [5.74, 6) is 0.112. The molecule has 2 aromatic rings. The van der Waals surface area contributed by atoms with E-state index in [-0.39, 0.29) is 17.7 Å². The van der Waals surface area contributed by atoms with Crippen LogP contribution >= 0.6 is 11.3 Å². The van der Waals surface area contributed by atoms with Gasteiger partial charge in [0.25, 0.3) is 0 Å². The summed E-state index contributed by atoms with van der Waals surface area (Å²) in [5, 5.41) is 2.07. The number of amides is 2. The van der Waals surface area contributed by atoms with Crippen molar-refractivity contribution in [3.8, 4) is 10.4 Å². The van der Waals surface area contributed by atoms with Gasteiger partial charge < -0.3 is 9.80 Å². The van der Waals surface area contributed by atoms with Crippen LogP contribution in [0, 0.1) is 5.92 Å². The molecule has 0 saturated carbocycles. The van der Waals surface area contributed by atoms with Crippen molar-refractivity contribution in [1.82, 2.24) is 9.80 Å². The Morgan fingerprint density at radius 3 is 2.65 bits per heavy atom. The number of nitrogens with zero attached hydrogens (tertiary/aromatic N) is 2. The van der Waals surface area contributed by atoms with Gasteiger partial charge in [0.2, 0.25) is 11.8 Å². The summed E-state index contributed by atoms with van der Waals surface area (Å²) in [6, 6.07) is 12.5. The predicted octanol–water partition coefficient (Wildman–Crippen LogP) is 3.67. The van der Waals surface area contributed by atoms with Crippen LogP contribution < -0.4 is 0 Å². The molecule has 138 valence electrons. The van der Waals surface area contributed by atoms with E-state index in [1.165, 1.54) is 16.0 Å². The lowest BCUT2D eigenvalue weighted by molar-refractivity contribution is -0.134. The summed E-state index contributed by atoms with van der Waals surface area (Å²) in [6.45, 7) is 6.36. The molecule has 5 heteroatoms. The van der Waals surface area contributed by atoms with Crippen LogP contribution in [0.15, 0.2) is 41.8 Å². The maximum atomic E-state index is 13.0. The summed E-state index contributed by atoms with van der Waals surface area (Å²) >= 11 is 1.71. The zero-order valence-corrected chi connectivity index (χ0v) is 16.3. The fourth-order valence-corrected chi connectivity index (χ4v) is 4.38. The molecular weight excluding hydrogens is 344 g/mol. The molecule has 0 unspecified atom stereocenters. The molecule has 4 nitrogen and oxygen atoms in total. The Balaban J connectivity index is 1.89. The van der Waals surface area contributed by atoms with Gasteiger partial charge in [0, 0.05) is 37.5 Å². The van der Waals surface area contributed by atoms with Crippen LogP contribution in [0.5, 0.6) is 0 Å². The molecule has 26 heavy (non-hydrogen) atoms. The van der Waals surface area contributed by atoms with Gasteiger partial charge in [-0.15, -0.1) is 11.3 Å². The highest BCUT2D eigenvalue weighted by Gasteiger charge is 2.31. The van der Waals surface area contributed by atoms with E-state index in [9.17, 15) is 9.59 Å². The molecule has 1 fully saturated rings. The number of thiophene rings is 1. The van der Waals surface area contributed by atoms with Crippen molar-refractivity contribution in [2.75, 3.05) is 26.2 Å². The minimum Gasteiger partial charge on any atom is -0.341 e. The highest BCUT2D eigenvalue weighted by Crippen LogP contribution is 2.30. The Labute approximate surface area is 159 Å². The Hall–Kier alpha value is -2.14. The molecule has 2 heterocycles. The topological polar surface area (TPSA) is 40.6 Å². The van der Waals surface area contributed by atoms with E-state index < -0.39 is 0 Å². The highest BCUT2D eigenvalue weighted by molar-refractivity contribution is 7.13. The fourth-order valence-electron chi connectivity index (χ4n) is 3.60. The third-order valence-corrected chi connectivity index (χ3v) is 5.95. The summed E-state index contributed by atoms with van der Waals surface area (Å²) in [5.41, 5.74) is 2.37. The summed E-state index contributed by atoms with van der Waals surface area (Å²) in [4.78, 5) is 30.3. The molecule has 1 atom stereocenters. The van der Waals surface area contributed by atoms with Crippen molar-refractivity contribution in [1.29, 1.82) is 0 Å². The van der Waals surface area contributed by atoms with E-state index in [0.717, 1.165) is 0 Å². The molecule has 0 spiro atoms. The van der Waals surface area contributed by atoms with Gasteiger partial charge in [0.05, 0.1) is 5.92 Å². The maximum Gasteiger partial charge on any atom is 0.227 e. The normalized spacial score (nSPS) is 18.1. The van der Waals surface area contributed by atoms with E-state index >= 15 is 0 Å². The Bertz CT molecular complexity index is 757. The smallest absolute Gasteiger partial charge is 0.227 e. The Morgan fingerprint density at radius 2 is 1.96 bits per heavy atom. The average molecular weight is 371 g/mol. The van der Waals surface area contributed by atoms with Gasteiger partial charge >= 0.3 is 0 Å². The van der Waals surface area contributed by atoms with Gasteiger partial charge in [-0.3, -0.25) is 9.59 Å². The van der Waals surface area contributed by atoms with Crippen LogP contribution in [0.2, 0.25) is 0 Å². The largest absolute Gasteiger partial charge is 0.341 e. The maximum absolute atomic E-state index is 13.0. The van der Waals surface area contributed by atoms with Gasteiger partial charge in [-0.05, 0) is 35.9 Å². The predicted molar refractivity (Wildman–Crippen MR) is 106 cm³/mol. The van der Waals surface area contributed by atoms with Crippen molar-refractivity contribution in [2.45, 2.75) is 26.7 Å². The highest BCUT2D eigenvalue weighted by atomic mass is 32.1. The summed E-state index contributed by atoms with van der Waals surface area (Å²) in [6.07, 6.45) is 1.15. The quantitative estimate of drug-likeness (QED) is 0.806. The molecule has 0 radical (unpaired) electrons. The molecule has 1 aromatic heterocycles. The molecule has 2 amide bonds. The van der Waals surface area contributed by atoms with Gasteiger partial charge in [-0.2, -0.15) is 0 Å². The lowest BCUT2D eigenvalue weighted by Gasteiger charge is -2.24. The van der Waals surface area contributed by atoms with Crippen LogP contribution in [0.25, 0.3) is 10.4 Å². The molecule has 3 rings (SSSR count). The first-order chi connectivity index (χ1) is 12.6. The molecular formula is C21H26N2O2S. The van der Waals surface area contributed by atoms with E-state index in [4.69, 9.17) is 0 Å². The van der Waals surface area contributed by atoms with Crippen molar-refractivity contribution >= 4 is 23.2 Å². The molecule has 0 N–H and O–H groups in total. The van der Waals surface area contributed by atoms with Crippen LogP contribution in [0.4, 0.5) is 0 Å². The van der Waals surface area contributed by atoms with Gasteiger partial charge in [0.15, 0.2) is 0 Å². The Morgan fingerprint density at radius 1 is 1.15 bits per heavy atom. The van der Waals surface area contributed by atoms with E-state index in [0.29, 0.717) is 39.0 Å². The van der Waals surface area contributed by atoms with Gasteiger partial charge in [0.1, 0.15) is 0 Å². The average Bonchev–Trinajstić information content (AvgIpc) is 3.15. The Kier molecular flexibility index (Phi) is 6.09. The van der Waals surface area contributed by atoms with Crippen molar-refractivity contribution in [3.63, 3.8) is 0 Å². The summed E-state index contributed by atoms with van der Waals surface area (Å²) < 4.78 is 0. The van der Waals surface area contributed by atoms with Gasteiger partial charge in [-0.1, -0.05) is 37.3 Å². The second-order valence-corrected chi connectivity index (χ2v) is 7.59. The first kappa shape index (κ1) is 18.6. The van der Waals surface area contributed by atoms with E-state index in [2.05, 4.69) is 23.6 Å². The van der Waals surface area contributed by atoms with Crippen LogP contribution in [0.3, 0.4) is 0 Å². The van der Waals surface area contributed by atoms with Crippen molar-refractivity contribution < 1.29 is 9.59 Å². The minimum atomic E-state index is -0.186. The van der Waals surface area contributed by atoms with Crippen LogP contribution in [-0.4, -0.2) is 47.8 Å². The third-order valence-electron chi connectivity index (χ3n) is 5.05. The van der Waals surface area contributed by atoms with E-state index in [1.807, 2.05) is 41.8 Å². The second kappa shape index (κ2) is 8.49. The zero-order valence-electron chi connectivity index (χ0n) is 15.5. The number of benzene rings is 1. The number of likely N-dealkylation sites (N-methyl/N-ethyl adjacent to an activating group) is 1. The number of carbonyl (C=O) groups is 2. The lowest BCUT2D eigenvalue weighted by Crippen LogP contribution is -2.37. The fraction of sp³-hybridized carbons (Fsp3) is 0.429. The number of hydrogen-bond acceptors (Lipinski definition) is 3. The number of hydrogen-bond donors (Lipinski definition) is 0. The molecule has 0 bridgehead atoms.